The SMILES string of the molecule is C=CC(=O)OC(O)(CO)C(O)(OC(=O)C=C)C(=O)C(=C)C. The van der Waals surface area contributed by atoms with E-state index in [1.807, 2.05) is 0 Å². The van der Waals surface area contributed by atoms with Gasteiger partial charge in [0.2, 0.25) is 5.78 Å². The maximum absolute atomic E-state index is 11.9. The fourth-order valence-electron chi connectivity index (χ4n) is 1.20. The second-order valence-corrected chi connectivity index (χ2v) is 3.95. The number of ether oxygens (including phenoxy) is 2. The van der Waals surface area contributed by atoms with Gasteiger partial charge >= 0.3 is 23.5 Å². The van der Waals surface area contributed by atoms with E-state index in [0.29, 0.717) is 12.2 Å². The molecule has 0 spiro atoms. The summed E-state index contributed by atoms with van der Waals surface area (Å²) >= 11 is 0. The average molecular weight is 300 g/mol. The summed E-state index contributed by atoms with van der Waals surface area (Å²) in [5, 5.41) is 29.4. The molecule has 0 aliphatic heterocycles. The molecule has 0 bridgehead atoms. The summed E-state index contributed by atoms with van der Waals surface area (Å²) < 4.78 is 8.72. The van der Waals surface area contributed by atoms with Crippen molar-refractivity contribution in [1.82, 2.24) is 0 Å². The molecule has 116 valence electrons. The van der Waals surface area contributed by atoms with Gasteiger partial charge in [-0.3, -0.25) is 4.79 Å². The topological polar surface area (TPSA) is 130 Å². The minimum Gasteiger partial charge on any atom is -0.420 e. The first-order valence-electron chi connectivity index (χ1n) is 5.54. The largest absolute Gasteiger partial charge is 0.420 e. The molecule has 0 aromatic rings. The van der Waals surface area contributed by atoms with Crippen LogP contribution >= 0.6 is 0 Å². The normalized spacial score (nSPS) is 15.8. The van der Waals surface area contributed by atoms with Crippen LogP contribution in [0.5, 0.6) is 0 Å². The van der Waals surface area contributed by atoms with E-state index in [1.54, 1.807) is 0 Å². The Morgan fingerprint density at radius 3 is 1.86 bits per heavy atom. The Morgan fingerprint density at radius 2 is 1.52 bits per heavy atom. The van der Waals surface area contributed by atoms with Crippen LogP contribution in [0.2, 0.25) is 0 Å². The monoisotopic (exact) mass is 300 g/mol. The molecule has 2 atom stereocenters. The molecule has 0 aliphatic carbocycles. The lowest BCUT2D eigenvalue weighted by Crippen LogP contribution is -2.65. The van der Waals surface area contributed by atoms with E-state index in [-0.39, 0.29) is 5.57 Å². The second kappa shape index (κ2) is 6.93. The molecule has 0 saturated carbocycles. The molecule has 0 aromatic heterocycles. The van der Waals surface area contributed by atoms with Gasteiger partial charge in [-0.25, -0.2) is 9.59 Å². The van der Waals surface area contributed by atoms with Crippen molar-refractivity contribution in [2.45, 2.75) is 18.5 Å². The lowest BCUT2D eigenvalue weighted by Gasteiger charge is -2.38. The average Bonchev–Trinajstić information content (AvgIpc) is 2.45. The van der Waals surface area contributed by atoms with Gasteiger partial charge in [-0.1, -0.05) is 19.7 Å². The zero-order valence-electron chi connectivity index (χ0n) is 11.4. The van der Waals surface area contributed by atoms with Crippen molar-refractivity contribution < 1.29 is 39.2 Å². The molecule has 2 unspecified atom stereocenters. The Labute approximate surface area is 120 Å². The Morgan fingerprint density at radius 1 is 1.10 bits per heavy atom. The van der Waals surface area contributed by atoms with Gasteiger partial charge in [0.05, 0.1) is 0 Å². The van der Waals surface area contributed by atoms with Gasteiger partial charge in [0, 0.05) is 12.2 Å². The number of carbonyl (C=O) groups is 3. The predicted molar refractivity (Wildman–Crippen MR) is 69.4 cm³/mol. The zero-order valence-corrected chi connectivity index (χ0v) is 11.4. The van der Waals surface area contributed by atoms with Crippen LogP contribution < -0.4 is 0 Å². The van der Waals surface area contributed by atoms with Crippen LogP contribution in [-0.2, 0) is 23.9 Å². The summed E-state index contributed by atoms with van der Waals surface area (Å²) in [6.45, 7) is 9.00. The molecule has 8 nitrogen and oxygen atoms in total. The van der Waals surface area contributed by atoms with Crippen molar-refractivity contribution in [3.05, 3.63) is 37.5 Å². The molecule has 0 amide bonds. The first-order chi connectivity index (χ1) is 9.57. The van der Waals surface area contributed by atoms with Gasteiger partial charge in [-0.05, 0) is 12.5 Å². The van der Waals surface area contributed by atoms with E-state index in [1.165, 1.54) is 0 Å². The highest BCUT2D eigenvalue weighted by molar-refractivity contribution is 6.02. The summed E-state index contributed by atoms with van der Waals surface area (Å²) in [4.78, 5) is 34.3. The molecular weight excluding hydrogens is 284 g/mol. The third-order valence-electron chi connectivity index (χ3n) is 2.29. The lowest BCUT2D eigenvalue weighted by atomic mass is 9.97. The number of hydrogen-bond donors (Lipinski definition) is 3. The number of aliphatic hydroxyl groups is 3. The maximum atomic E-state index is 11.9. The smallest absolute Gasteiger partial charge is 0.344 e. The maximum Gasteiger partial charge on any atom is 0.344 e. The fraction of sp³-hybridized carbons (Fsp3) is 0.308. The summed E-state index contributed by atoms with van der Waals surface area (Å²) in [5.74, 6) is -10.6. The van der Waals surface area contributed by atoms with E-state index >= 15 is 0 Å². The van der Waals surface area contributed by atoms with Gasteiger partial charge in [-0.2, -0.15) is 0 Å². The lowest BCUT2D eigenvalue weighted by molar-refractivity contribution is -0.347. The molecule has 0 fully saturated rings. The molecular formula is C13H16O8. The Kier molecular flexibility index (Phi) is 6.18. The number of esters is 2. The molecule has 0 saturated heterocycles. The van der Waals surface area contributed by atoms with E-state index in [0.717, 1.165) is 6.92 Å². The number of Topliss-reactive ketones (excluding diaryl/α,β-unsaturated/α-hetero) is 1. The van der Waals surface area contributed by atoms with Crippen molar-refractivity contribution in [2.75, 3.05) is 6.61 Å². The highest BCUT2D eigenvalue weighted by Crippen LogP contribution is 2.29. The minimum absolute atomic E-state index is 0.337. The highest BCUT2D eigenvalue weighted by Gasteiger charge is 2.61. The van der Waals surface area contributed by atoms with Crippen LogP contribution in [0.25, 0.3) is 0 Å². The summed E-state index contributed by atoms with van der Waals surface area (Å²) in [6, 6.07) is 0. The van der Waals surface area contributed by atoms with Gasteiger partial charge in [0.1, 0.15) is 6.61 Å². The van der Waals surface area contributed by atoms with E-state index in [2.05, 4.69) is 29.2 Å². The second-order valence-electron chi connectivity index (χ2n) is 3.95. The first kappa shape index (κ1) is 18.7. The molecule has 0 radical (unpaired) electrons. The summed E-state index contributed by atoms with van der Waals surface area (Å²) in [7, 11) is 0. The predicted octanol–water partition coefficient (Wildman–Crippen LogP) is -1.04. The molecule has 0 rings (SSSR count). The molecule has 8 heteroatoms. The van der Waals surface area contributed by atoms with Crippen molar-refractivity contribution in [1.29, 1.82) is 0 Å². The van der Waals surface area contributed by atoms with Crippen molar-refractivity contribution in [2.24, 2.45) is 0 Å². The third kappa shape index (κ3) is 3.85. The van der Waals surface area contributed by atoms with Crippen molar-refractivity contribution in [3.63, 3.8) is 0 Å². The van der Waals surface area contributed by atoms with Gasteiger partial charge in [-0.15, -0.1) is 0 Å². The first-order valence-corrected chi connectivity index (χ1v) is 5.54. The van der Waals surface area contributed by atoms with E-state index in [9.17, 15) is 24.6 Å². The number of hydrogen-bond acceptors (Lipinski definition) is 8. The standard InChI is InChI=1S/C13H16O8/c1-5-9(15)20-12(18,7-14)13(19,11(17)8(3)4)21-10(16)6-2/h5-6,14,18-19H,1-3,7H2,4H3. The van der Waals surface area contributed by atoms with Crippen LogP contribution in [0.3, 0.4) is 0 Å². The molecule has 21 heavy (non-hydrogen) atoms. The minimum atomic E-state index is -3.41. The number of aliphatic hydroxyl groups excluding tert-OH is 1. The molecule has 0 aliphatic rings. The van der Waals surface area contributed by atoms with Crippen LogP contribution in [0.1, 0.15) is 6.92 Å². The van der Waals surface area contributed by atoms with Gasteiger partial charge in [0.15, 0.2) is 0 Å². The Hall–Kier alpha value is -2.29. The Bertz CT molecular complexity index is 494. The zero-order chi connectivity index (χ0) is 16.8. The molecule has 3 N–H and O–H groups in total. The van der Waals surface area contributed by atoms with Gasteiger partial charge < -0.3 is 24.8 Å². The van der Waals surface area contributed by atoms with Crippen LogP contribution in [0, 0.1) is 0 Å². The molecule has 0 aromatic carbocycles. The third-order valence-corrected chi connectivity index (χ3v) is 2.29. The van der Waals surface area contributed by atoms with Gasteiger partial charge in [0.25, 0.3) is 0 Å². The number of rotatable bonds is 8. The fourth-order valence-corrected chi connectivity index (χ4v) is 1.20. The van der Waals surface area contributed by atoms with Crippen LogP contribution in [0.15, 0.2) is 37.5 Å². The van der Waals surface area contributed by atoms with Crippen molar-refractivity contribution >= 4 is 17.7 Å². The van der Waals surface area contributed by atoms with Crippen molar-refractivity contribution in [3.8, 4) is 0 Å². The van der Waals surface area contributed by atoms with E-state index in [4.69, 9.17) is 5.11 Å². The summed E-state index contributed by atoms with van der Waals surface area (Å²) in [5.41, 5.74) is -0.337. The highest BCUT2D eigenvalue weighted by atomic mass is 16.7. The van der Waals surface area contributed by atoms with E-state index < -0.39 is 35.9 Å². The Balaban J connectivity index is 5.94. The molecule has 0 heterocycles. The quantitative estimate of drug-likeness (QED) is 0.294. The number of ketones is 1. The van der Waals surface area contributed by atoms with Crippen LogP contribution in [-0.4, -0.2) is 51.2 Å². The van der Waals surface area contributed by atoms with Crippen LogP contribution in [0.4, 0.5) is 0 Å². The summed E-state index contributed by atoms with van der Waals surface area (Å²) in [6.07, 6.45) is 1.19. The number of carbonyl (C=O) groups excluding carboxylic acids is 3.